The van der Waals surface area contributed by atoms with Gasteiger partial charge in [-0.3, -0.25) is 4.79 Å². The number of benzene rings is 3. The van der Waals surface area contributed by atoms with Crippen molar-refractivity contribution in [2.75, 3.05) is 32.2 Å². The van der Waals surface area contributed by atoms with Crippen molar-refractivity contribution in [3.8, 4) is 17.2 Å². The lowest BCUT2D eigenvalue weighted by molar-refractivity contribution is 0.0955. The molecule has 1 amide bonds. The van der Waals surface area contributed by atoms with Gasteiger partial charge >= 0.3 is 0 Å². The maximum absolute atomic E-state index is 13.2. The van der Waals surface area contributed by atoms with Crippen LogP contribution >= 0.6 is 0 Å². The summed E-state index contributed by atoms with van der Waals surface area (Å²) < 4.78 is 16.8. The number of carbonyl (C=O) groups excluding carboxylic acids is 1. The van der Waals surface area contributed by atoms with Crippen molar-refractivity contribution in [2.24, 2.45) is 0 Å². The van der Waals surface area contributed by atoms with E-state index in [1.54, 1.807) is 13.2 Å². The number of hydrogen-bond acceptors (Lipinski definition) is 6. The molecule has 1 heterocycles. The molecule has 1 aromatic heterocycles. The molecule has 0 aliphatic heterocycles. The SMILES string of the molecule is CCOc1ccc(CCNC(=O)c2cc(Nc3ccccc3OC)nc3ccccc23)cc1OCC. The molecule has 0 atom stereocenters. The van der Waals surface area contributed by atoms with Crippen LogP contribution < -0.4 is 24.8 Å². The molecular formula is C29H31N3O4. The summed E-state index contributed by atoms with van der Waals surface area (Å²) in [6.07, 6.45) is 0.660. The third-order valence-electron chi connectivity index (χ3n) is 5.64. The second kappa shape index (κ2) is 11.9. The lowest BCUT2D eigenvalue weighted by Crippen LogP contribution is -2.26. The summed E-state index contributed by atoms with van der Waals surface area (Å²) in [4.78, 5) is 17.9. The van der Waals surface area contributed by atoms with E-state index < -0.39 is 0 Å². The van der Waals surface area contributed by atoms with Gasteiger partial charge < -0.3 is 24.8 Å². The van der Waals surface area contributed by atoms with E-state index in [9.17, 15) is 4.79 Å². The number of carbonyl (C=O) groups is 1. The van der Waals surface area contributed by atoms with Crippen LogP contribution in [-0.4, -0.2) is 37.8 Å². The molecular weight excluding hydrogens is 454 g/mol. The number of hydrogen-bond donors (Lipinski definition) is 2. The molecule has 0 saturated carbocycles. The van der Waals surface area contributed by atoms with Crippen LogP contribution in [0, 0.1) is 0 Å². The standard InChI is InChI=1S/C29H31N3O4/c1-4-35-26-15-14-20(18-27(26)36-5-2)16-17-30-29(33)22-19-28(31-23-11-7-6-10-21(22)23)32-24-12-8-9-13-25(24)34-3/h6-15,18-19H,4-5,16-17H2,1-3H3,(H,30,33)(H,31,32). The predicted molar refractivity (Wildman–Crippen MR) is 143 cm³/mol. The van der Waals surface area contributed by atoms with Crippen LogP contribution in [0.1, 0.15) is 29.8 Å². The fourth-order valence-corrected chi connectivity index (χ4v) is 3.98. The van der Waals surface area contributed by atoms with Crippen LogP contribution in [0.15, 0.2) is 72.8 Å². The number of fused-ring (bicyclic) bond motifs is 1. The summed E-state index contributed by atoms with van der Waals surface area (Å²) in [6.45, 7) is 5.49. The van der Waals surface area contributed by atoms with Crippen molar-refractivity contribution < 1.29 is 19.0 Å². The minimum Gasteiger partial charge on any atom is -0.495 e. The lowest BCUT2D eigenvalue weighted by Gasteiger charge is -2.14. The highest BCUT2D eigenvalue weighted by atomic mass is 16.5. The second-order valence-electron chi connectivity index (χ2n) is 8.05. The van der Waals surface area contributed by atoms with Crippen molar-refractivity contribution in [3.05, 3.63) is 83.9 Å². The molecule has 2 N–H and O–H groups in total. The maximum atomic E-state index is 13.2. The average molecular weight is 486 g/mol. The Kier molecular flexibility index (Phi) is 8.24. The molecule has 3 aromatic carbocycles. The normalized spacial score (nSPS) is 10.6. The van der Waals surface area contributed by atoms with Gasteiger partial charge in [-0.1, -0.05) is 36.4 Å². The van der Waals surface area contributed by atoms with Crippen LogP contribution in [0.4, 0.5) is 11.5 Å². The van der Waals surface area contributed by atoms with E-state index >= 15 is 0 Å². The number of methoxy groups -OCH3 is 1. The quantitative estimate of drug-likeness (QED) is 0.281. The van der Waals surface area contributed by atoms with Crippen LogP contribution in [-0.2, 0) is 6.42 Å². The highest BCUT2D eigenvalue weighted by Crippen LogP contribution is 2.30. The first-order valence-electron chi connectivity index (χ1n) is 12.1. The van der Waals surface area contributed by atoms with Gasteiger partial charge in [0.05, 0.1) is 37.1 Å². The van der Waals surface area contributed by atoms with Gasteiger partial charge in [-0.2, -0.15) is 0 Å². The van der Waals surface area contributed by atoms with E-state index in [2.05, 4.69) is 10.6 Å². The Balaban J connectivity index is 1.51. The summed E-state index contributed by atoms with van der Waals surface area (Å²) in [6, 6.07) is 22.9. The summed E-state index contributed by atoms with van der Waals surface area (Å²) in [5, 5.41) is 7.13. The van der Waals surface area contributed by atoms with E-state index in [0.29, 0.717) is 43.3 Å². The number of aromatic nitrogens is 1. The molecule has 36 heavy (non-hydrogen) atoms. The van der Waals surface area contributed by atoms with Gasteiger partial charge in [0, 0.05) is 11.9 Å². The van der Waals surface area contributed by atoms with Crippen molar-refractivity contribution in [1.29, 1.82) is 0 Å². The van der Waals surface area contributed by atoms with Gasteiger partial charge in [0.1, 0.15) is 11.6 Å². The number of anilines is 2. The van der Waals surface area contributed by atoms with Crippen molar-refractivity contribution in [1.82, 2.24) is 10.3 Å². The summed E-state index contributed by atoms with van der Waals surface area (Å²) in [7, 11) is 1.62. The fourth-order valence-electron chi connectivity index (χ4n) is 3.98. The molecule has 0 aliphatic carbocycles. The summed E-state index contributed by atoms with van der Waals surface area (Å²) in [5.74, 6) is 2.55. The molecule has 0 fully saturated rings. The number of pyridine rings is 1. The number of nitrogens with zero attached hydrogens (tertiary/aromatic N) is 1. The van der Waals surface area contributed by atoms with Gasteiger partial charge in [0.25, 0.3) is 5.91 Å². The third-order valence-corrected chi connectivity index (χ3v) is 5.64. The Hall–Kier alpha value is -4.26. The lowest BCUT2D eigenvalue weighted by atomic mass is 10.1. The highest BCUT2D eigenvalue weighted by Gasteiger charge is 2.14. The maximum Gasteiger partial charge on any atom is 0.252 e. The minimum atomic E-state index is -0.160. The first-order valence-corrected chi connectivity index (χ1v) is 12.1. The molecule has 0 unspecified atom stereocenters. The zero-order valence-electron chi connectivity index (χ0n) is 20.8. The summed E-state index contributed by atoms with van der Waals surface area (Å²) >= 11 is 0. The van der Waals surface area contributed by atoms with E-state index in [0.717, 1.165) is 33.7 Å². The largest absolute Gasteiger partial charge is 0.495 e. The zero-order valence-corrected chi connectivity index (χ0v) is 20.8. The van der Waals surface area contributed by atoms with E-state index in [1.807, 2.05) is 80.6 Å². The van der Waals surface area contributed by atoms with Crippen molar-refractivity contribution >= 4 is 28.3 Å². The molecule has 0 radical (unpaired) electrons. The van der Waals surface area contributed by atoms with Crippen LogP contribution in [0.3, 0.4) is 0 Å². The first-order chi connectivity index (χ1) is 17.6. The number of nitrogens with one attached hydrogen (secondary N) is 2. The zero-order chi connectivity index (χ0) is 25.3. The Morgan fingerprint density at radius 3 is 2.42 bits per heavy atom. The van der Waals surface area contributed by atoms with Crippen molar-refractivity contribution in [2.45, 2.75) is 20.3 Å². The molecule has 186 valence electrons. The number of ether oxygens (including phenoxy) is 3. The third kappa shape index (κ3) is 5.86. The molecule has 4 rings (SSSR count). The van der Waals surface area contributed by atoms with Crippen LogP contribution in [0.2, 0.25) is 0 Å². The molecule has 0 bridgehead atoms. The van der Waals surface area contributed by atoms with Gasteiger partial charge in [0.2, 0.25) is 0 Å². The average Bonchev–Trinajstić information content (AvgIpc) is 2.90. The molecule has 0 spiro atoms. The molecule has 4 aromatic rings. The van der Waals surface area contributed by atoms with E-state index in [-0.39, 0.29) is 5.91 Å². The second-order valence-corrected chi connectivity index (χ2v) is 8.05. The van der Waals surface area contributed by atoms with Crippen LogP contribution in [0.25, 0.3) is 10.9 Å². The van der Waals surface area contributed by atoms with Gasteiger partial charge in [0.15, 0.2) is 11.5 Å². The Bertz CT molecular complexity index is 1340. The highest BCUT2D eigenvalue weighted by molar-refractivity contribution is 6.07. The fraction of sp³-hybridized carbons (Fsp3) is 0.241. The first kappa shape index (κ1) is 24.9. The molecule has 0 aliphatic rings. The molecule has 7 nitrogen and oxygen atoms in total. The van der Waals surface area contributed by atoms with Crippen LogP contribution in [0.5, 0.6) is 17.2 Å². The number of amides is 1. The van der Waals surface area contributed by atoms with Gasteiger partial charge in [-0.25, -0.2) is 4.98 Å². The van der Waals surface area contributed by atoms with Gasteiger partial charge in [-0.15, -0.1) is 0 Å². The minimum absolute atomic E-state index is 0.160. The Labute approximate surface area is 211 Å². The topological polar surface area (TPSA) is 81.7 Å². The Morgan fingerprint density at radius 1 is 0.861 bits per heavy atom. The van der Waals surface area contributed by atoms with Gasteiger partial charge in [-0.05, 0) is 62.2 Å². The number of para-hydroxylation sites is 3. The number of rotatable bonds is 11. The molecule has 0 saturated heterocycles. The Morgan fingerprint density at radius 2 is 1.61 bits per heavy atom. The van der Waals surface area contributed by atoms with Crippen molar-refractivity contribution in [3.63, 3.8) is 0 Å². The summed E-state index contributed by atoms with van der Waals surface area (Å²) in [5.41, 5.74) is 3.12. The van der Waals surface area contributed by atoms with E-state index in [1.165, 1.54) is 0 Å². The predicted octanol–water partition coefficient (Wildman–Crippen LogP) is 5.76. The smallest absolute Gasteiger partial charge is 0.252 e. The monoisotopic (exact) mass is 485 g/mol. The van der Waals surface area contributed by atoms with E-state index in [4.69, 9.17) is 19.2 Å². The molecule has 7 heteroatoms.